The molecule has 0 radical (unpaired) electrons. The average molecular weight is 454 g/mol. The van der Waals surface area contributed by atoms with E-state index in [4.69, 9.17) is 14.2 Å². The van der Waals surface area contributed by atoms with Crippen molar-refractivity contribution < 1.29 is 19.0 Å². The highest BCUT2D eigenvalue weighted by Gasteiger charge is 2.14. The Morgan fingerprint density at radius 2 is 1.53 bits per heavy atom. The molecule has 172 valence electrons. The fourth-order valence-electron chi connectivity index (χ4n) is 3.46. The minimum absolute atomic E-state index is 0.246. The molecule has 5 heteroatoms. The minimum atomic E-state index is -0.246. The summed E-state index contributed by atoms with van der Waals surface area (Å²) in [6, 6.07) is 30.0. The highest BCUT2D eigenvalue weighted by atomic mass is 16.5. The molecule has 0 fully saturated rings. The molecule has 4 aromatic rings. The first-order chi connectivity index (χ1) is 16.6. The normalized spacial score (nSPS) is 10.4. The maximum absolute atomic E-state index is 13.1. The zero-order valence-electron chi connectivity index (χ0n) is 19.3. The first-order valence-electron chi connectivity index (χ1n) is 11.2. The topological polar surface area (TPSA) is 56.8 Å². The summed E-state index contributed by atoms with van der Waals surface area (Å²) in [7, 11) is 0. The van der Waals surface area contributed by atoms with Crippen molar-refractivity contribution in [2.75, 3.05) is 11.9 Å². The number of carbonyl (C=O) groups excluding carboxylic acids is 1. The second-order valence-electron chi connectivity index (χ2n) is 7.73. The Balaban J connectivity index is 1.52. The van der Waals surface area contributed by atoms with Crippen molar-refractivity contribution in [1.29, 1.82) is 0 Å². The zero-order valence-corrected chi connectivity index (χ0v) is 19.3. The average Bonchev–Trinajstić information content (AvgIpc) is 2.85. The van der Waals surface area contributed by atoms with Crippen molar-refractivity contribution in [3.8, 4) is 23.0 Å². The Hall–Kier alpha value is -4.25. The number of benzene rings is 4. The molecule has 0 unspecified atom stereocenters. The van der Waals surface area contributed by atoms with Crippen LogP contribution in [0.15, 0.2) is 97.1 Å². The van der Waals surface area contributed by atoms with Crippen LogP contribution in [0.25, 0.3) is 0 Å². The molecule has 0 bridgehead atoms. The van der Waals surface area contributed by atoms with Crippen LogP contribution >= 0.6 is 0 Å². The summed E-state index contributed by atoms with van der Waals surface area (Å²) in [6.45, 7) is 4.75. The minimum Gasteiger partial charge on any atom is -0.493 e. The second-order valence-corrected chi connectivity index (χ2v) is 7.73. The zero-order chi connectivity index (χ0) is 23.8. The number of anilines is 1. The third kappa shape index (κ3) is 5.95. The first kappa shape index (κ1) is 22.9. The van der Waals surface area contributed by atoms with Crippen molar-refractivity contribution in [3.05, 3.63) is 114 Å². The van der Waals surface area contributed by atoms with E-state index in [2.05, 4.69) is 5.32 Å². The summed E-state index contributed by atoms with van der Waals surface area (Å²) in [5.74, 6) is 2.48. The lowest BCUT2D eigenvalue weighted by atomic mass is 10.1. The van der Waals surface area contributed by atoms with E-state index >= 15 is 0 Å². The van der Waals surface area contributed by atoms with Crippen LogP contribution in [0.2, 0.25) is 0 Å². The van der Waals surface area contributed by atoms with E-state index in [0.29, 0.717) is 35.1 Å². The lowest BCUT2D eigenvalue weighted by Gasteiger charge is -2.15. The summed E-state index contributed by atoms with van der Waals surface area (Å²) in [5, 5.41) is 2.96. The van der Waals surface area contributed by atoms with E-state index in [0.717, 1.165) is 16.9 Å². The van der Waals surface area contributed by atoms with Gasteiger partial charge in [0.05, 0.1) is 12.3 Å². The standard InChI is InChI=1S/C29H27NO4/c1-3-32-27-17-16-22(19-23(27)20-33-25-13-9-10-21(2)18-25)29(31)30-26-14-7-8-15-28(26)34-24-11-5-4-6-12-24/h4-19H,3,20H2,1-2H3,(H,30,31). The third-order valence-corrected chi connectivity index (χ3v) is 5.11. The fraction of sp³-hybridized carbons (Fsp3) is 0.138. The van der Waals surface area contributed by atoms with Crippen LogP contribution in [-0.4, -0.2) is 12.5 Å². The van der Waals surface area contributed by atoms with Crippen molar-refractivity contribution in [2.24, 2.45) is 0 Å². The molecule has 0 saturated carbocycles. The van der Waals surface area contributed by atoms with Gasteiger partial charge in [0, 0.05) is 11.1 Å². The van der Waals surface area contributed by atoms with Gasteiger partial charge in [-0.1, -0.05) is 42.5 Å². The van der Waals surface area contributed by atoms with Crippen molar-refractivity contribution in [1.82, 2.24) is 0 Å². The molecular formula is C29H27NO4. The Kier molecular flexibility index (Phi) is 7.45. The predicted octanol–water partition coefficient (Wildman–Crippen LogP) is 7.02. The number of nitrogens with one attached hydrogen (secondary N) is 1. The molecule has 1 amide bonds. The molecule has 0 atom stereocenters. The monoisotopic (exact) mass is 453 g/mol. The molecule has 4 rings (SSSR count). The molecule has 0 aliphatic heterocycles. The van der Waals surface area contributed by atoms with Crippen molar-refractivity contribution in [3.63, 3.8) is 0 Å². The molecule has 0 spiro atoms. The fourth-order valence-corrected chi connectivity index (χ4v) is 3.46. The van der Waals surface area contributed by atoms with Crippen LogP contribution in [0.3, 0.4) is 0 Å². The highest BCUT2D eigenvalue weighted by Crippen LogP contribution is 2.30. The molecule has 0 heterocycles. The Morgan fingerprint density at radius 1 is 0.765 bits per heavy atom. The van der Waals surface area contributed by atoms with E-state index < -0.39 is 0 Å². The summed E-state index contributed by atoms with van der Waals surface area (Å²) in [4.78, 5) is 13.1. The third-order valence-electron chi connectivity index (χ3n) is 5.11. The van der Waals surface area contributed by atoms with Gasteiger partial charge in [-0.05, 0) is 74.0 Å². The summed E-state index contributed by atoms with van der Waals surface area (Å²) in [5.41, 5.74) is 3.00. The highest BCUT2D eigenvalue weighted by molar-refractivity contribution is 6.05. The first-order valence-corrected chi connectivity index (χ1v) is 11.2. The van der Waals surface area contributed by atoms with Gasteiger partial charge in [0.1, 0.15) is 23.9 Å². The van der Waals surface area contributed by atoms with Gasteiger partial charge >= 0.3 is 0 Å². The SMILES string of the molecule is CCOc1ccc(C(=O)Nc2ccccc2Oc2ccccc2)cc1COc1cccc(C)c1. The van der Waals surface area contributed by atoms with E-state index in [1.54, 1.807) is 18.2 Å². The molecule has 4 aromatic carbocycles. The van der Waals surface area contributed by atoms with Crippen LogP contribution in [0, 0.1) is 6.92 Å². The molecule has 0 saturated heterocycles. The largest absolute Gasteiger partial charge is 0.493 e. The number of carbonyl (C=O) groups is 1. The van der Waals surface area contributed by atoms with Crippen LogP contribution in [0.5, 0.6) is 23.0 Å². The van der Waals surface area contributed by atoms with E-state index in [1.165, 1.54) is 0 Å². The van der Waals surface area contributed by atoms with Gasteiger partial charge in [0.2, 0.25) is 0 Å². The summed E-state index contributed by atoms with van der Waals surface area (Å²) < 4.78 is 17.7. The summed E-state index contributed by atoms with van der Waals surface area (Å²) >= 11 is 0. The van der Waals surface area contributed by atoms with Crippen LogP contribution in [0.1, 0.15) is 28.4 Å². The van der Waals surface area contributed by atoms with Crippen molar-refractivity contribution >= 4 is 11.6 Å². The number of ether oxygens (including phenoxy) is 3. The Morgan fingerprint density at radius 3 is 2.32 bits per heavy atom. The lowest BCUT2D eigenvalue weighted by molar-refractivity contribution is 0.102. The molecule has 34 heavy (non-hydrogen) atoms. The molecule has 0 aliphatic rings. The van der Waals surface area contributed by atoms with Crippen molar-refractivity contribution in [2.45, 2.75) is 20.5 Å². The molecular weight excluding hydrogens is 426 g/mol. The smallest absolute Gasteiger partial charge is 0.255 e. The lowest BCUT2D eigenvalue weighted by Crippen LogP contribution is -2.13. The molecule has 0 aromatic heterocycles. The number of rotatable bonds is 9. The summed E-state index contributed by atoms with van der Waals surface area (Å²) in [6.07, 6.45) is 0. The molecule has 5 nitrogen and oxygen atoms in total. The molecule has 0 aliphatic carbocycles. The maximum atomic E-state index is 13.1. The van der Waals surface area contributed by atoms with Crippen LogP contribution < -0.4 is 19.5 Å². The predicted molar refractivity (Wildman–Crippen MR) is 134 cm³/mol. The Labute approximate surface area is 199 Å². The number of hydrogen-bond donors (Lipinski definition) is 1. The number of para-hydroxylation sites is 3. The maximum Gasteiger partial charge on any atom is 0.255 e. The second kappa shape index (κ2) is 11.1. The van der Waals surface area contributed by atoms with Gasteiger partial charge in [-0.25, -0.2) is 0 Å². The quantitative estimate of drug-likeness (QED) is 0.296. The van der Waals surface area contributed by atoms with Gasteiger partial charge in [-0.15, -0.1) is 0 Å². The van der Waals surface area contributed by atoms with Gasteiger partial charge in [0.25, 0.3) is 5.91 Å². The van der Waals surface area contributed by atoms with E-state index in [9.17, 15) is 4.79 Å². The van der Waals surface area contributed by atoms with E-state index in [1.807, 2.05) is 92.7 Å². The van der Waals surface area contributed by atoms with Crippen LogP contribution in [-0.2, 0) is 6.61 Å². The van der Waals surface area contributed by atoms with Gasteiger partial charge in [-0.3, -0.25) is 4.79 Å². The van der Waals surface area contributed by atoms with Gasteiger partial charge < -0.3 is 19.5 Å². The van der Waals surface area contributed by atoms with Gasteiger partial charge in [-0.2, -0.15) is 0 Å². The number of amides is 1. The van der Waals surface area contributed by atoms with Gasteiger partial charge in [0.15, 0.2) is 5.75 Å². The number of aryl methyl sites for hydroxylation is 1. The van der Waals surface area contributed by atoms with E-state index in [-0.39, 0.29) is 12.5 Å². The Bertz CT molecular complexity index is 1250. The molecule has 1 N–H and O–H groups in total. The van der Waals surface area contributed by atoms with Crippen LogP contribution in [0.4, 0.5) is 5.69 Å². The number of hydrogen-bond acceptors (Lipinski definition) is 4.